The summed E-state index contributed by atoms with van der Waals surface area (Å²) in [5.41, 5.74) is 0.677. The Bertz CT molecular complexity index is 710. The largest absolute Gasteiger partial charge is 0.439 e. The van der Waals surface area contributed by atoms with E-state index >= 15 is 0 Å². The highest BCUT2D eigenvalue weighted by Crippen LogP contribution is 2.26. The van der Waals surface area contributed by atoms with Crippen molar-refractivity contribution in [2.24, 2.45) is 0 Å². The van der Waals surface area contributed by atoms with Crippen molar-refractivity contribution in [2.75, 3.05) is 0 Å². The molecule has 3 aromatic rings. The number of rotatable bonds is 3. The van der Waals surface area contributed by atoms with Gasteiger partial charge in [0.2, 0.25) is 5.88 Å². The van der Waals surface area contributed by atoms with Gasteiger partial charge in [-0.05, 0) is 35.0 Å². The second-order valence-electron chi connectivity index (χ2n) is 4.24. The first-order valence-corrected chi connectivity index (χ1v) is 6.08. The molecule has 0 radical (unpaired) electrons. The highest BCUT2D eigenvalue weighted by atomic mass is 16.5. The Kier molecular flexibility index (Phi) is 3.12. The second kappa shape index (κ2) is 5.08. The first-order valence-electron chi connectivity index (χ1n) is 6.08. The zero-order valence-corrected chi connectivity index (χ0v) is 10.3. The molecule has 3 rings (SSSR count). The first kappa shape index (κ1) is 11.7. The standard InChI is InChI=1S/C16H13NO2/c18-11-14-6-3-9-17-16(14)19-15-8-7-12-4-1-2-5-13(12)10-15/h1-10,18H,11H2. The summed E-state index contributed by atoms with van der Waals surface area (Å²) in [4.78, 5) is 4.14. The molecule has 94 valence electrons. The minimum atomic E-state index is -0.0866. The fraction of sp³-hybridized carbons (Fsp3) is 0.0625. The second-order valence-corrected chi connectivity index (χ2v) is 4.24. The summed E-state index contributed by atoms with van der Waals surface area (Å²) in [6, 6.07) is 17.5. The van der Waals surface area contributed by atoms with Crippen molar-refractivity contribution in [3.8, 4) is 11.6 Å². The van der Waals surface area contributed by atoms with E-state index in [0.717, 1.165) is 5.39 Å². The lowest BCUT2D eigenvalue weighted by molar-refractivity contribution is 0.275. The minimum Gasteiger partial charge on any atom is -0.439 e. The van der Waals surface area contributed by atoms with Crippen LogP contribution in [-0.4, -0.2) is 10.1 Å². The van der Waals surface area contributed by atoms with Crippen molar-refractivity contribution in [3.63, 3.8) is 0 Å². The van der Waals surface area contributed by atoms with Gasteiger partial charge in [0.15, 0.2) is 0 Å². The Morgan fingerprint density at radius 2 is 1.79 bits per heavy atom. The predicted octanol–water partition coefficient (Wildman–Crippen LogP) is 3.52. The first-order chi connectivity index (χ1) is 9.36. The molecule has 0 spiro atoms. The molecule has 0 saturated carbocycles. The van der Waals surface area contributed by atoms with Crippen LogP contribution in [0, 0.1) is 0 Å². The molecule has 1 N–H and O–H groups in total. The number of ether oxygens (including phenoxy) is 1. The number of hydrogen-bond donors (Lipinski definition) is 1. The molecule has 0 aliphatic heterocycles. The SMILES string of the molecule is OCc1cccnc1Oc1ccc2ccccc2c1. The van der Waals surface area contributed by atoms with Crippen LogP contribution < -0.4 is 4.74 Å². The summed E-state index contributed by atoms with van der Waals surface area (Å²) in [6.45, 7) is -0.0866. The van der Waals surface area contributed by atoms with Gasteiger partial charge in [-0.2, -0.15) is 0 Å². The number of pyridine rings is 1. The fourth-order valence-corrected chi connectivity index (χ4v) is 1.98. The molecule has 0 fully saturated rings. The quantitative estimate of drug-likeness (QED) is 0.774. The number of hydrogen-bond acceptors (Lipinski definition) is 3. The summed E-state index contributed by atoms with van der Waals surface area (Å²) in [7, 11) is 0. The van der Waals surface area contributed by atoms with Crippen molar-refractivity contribution < 1.29 is 9.84 Å². The van der Waals surface area contributed by atoms with Gasteiger partial charge < -0.3 is 9.84 Å². The van der Waals surface area contributed by atoms with Gasteiger partial charge in [-0.15, -0.1) is 0 Å². The van der Waals surface area contributed by atoms with E-state index < -0.39 is 0 Å². The third kappa shape index (κ3) is 2.41. The zero-order valence-electron chi connectivity index (χ0n) is 10.3. The van der Waals surface area contributed by atoms with Crippen LogP contribution in [0.1, 0.15) is 5.56 Å². The van der Waals surface area contributed by atoms with Gasteiger partial charge >= 0.3 is 0 Å². The van der Waals surface area contributed by atoms with Crippen LogP contribution in [0.15, 0.2) is 60.8 Å². The lowest BCUT2D eigenvalue weighted by Crippen LogP contribution is -1.94. The maximum absolute atomic E-state index is 9.25. The Morgan fingerprint density at radius 1 is 0.947 bits per heavy atom. The van der Waals surface area contributed by atoms with Crippen LogP contribution in [0.2, 0.25) is 0 Å². The van der Waals surface area contributed by atoms with Gasteiger partial charge in [0.1, 0.15) is 5.75 Å². The van der Waals surface area contributed by atoms with E-state index in [1.807, 2.05) is 36.4 Å². The lowest BCUT2D eigenvalue weighted by atomic mass is 10.1. The van der Waals surface area contributed by atoms with Crippen molar-refractivity contribution in [3.05, 3.63) is 66.4 Å². The van der Waals surface area contributed by atoms with Crippen molar-refractivity contribution in [1.82, 2.24) is 4.98 Å². The third-order valence-electron chi connectivity index (χ3n) is 2.96. The number of fused-ring (bicyclic) bond motifs is 1. The Labute approximate surface area is 111 Å². The van der Waals surface area contributed by atoms with Gasteiger partial charge in [-0.25, -0.2) is 4.98 Å². The van der Waals surface area contributed by atoms with Gasteiger partial charge in [0, 0.05) is 11.8 Å². The van der Waals surface area contributed by atoms with Crippen molar-refractivity contribution >= 4 is 10.8 Å². The van der Waals surface area contributed by atoms with E-state index in [1.54, 1.807) is 18.3 Å². The highest BCUT2D eigenvalue weighted by molar-refractivity contribution is 5.83. The molecule has 1 aromatic heterocycles. The molecule has 3 heteroatoms. The number of aromatic nitrogens is 1. The molecule has 1 heterocycles. The van der Waals surface area contributed by atoms with Gasteiger partial charge in [0.25, 0.3) is 0 Å². The molecule has 0 saturated heterocycles. The van der Waals surface area contributed by atoms with Crippen molar-refractivity contribution in [1.29, 1.82) is 0 Å². The molecule has 2 aromatic carbocycles. The molecule has 3 nitrogen and oxygen atoms in total. The average Bonchev–Trinajstić information content (AvgIpc) is 2.48. The molecule has 0 atom stereocenters. The third-order valence-corrected chi connectivity index (χ3v) is 2.96. The maximum Gasteiger partial charge on any atom is 0.224 e. The lowest BCUT2D eigenvalue weighted by Gasteiger charge is -2.08. The highest BCUT2D eigenvalue weighted by Gasteiger charge is 2.05. The summed E-state index contributed by atoms with van der Waals surface area (Å²) >= 11 is 0. The summed E-state index contributed by atoms with van der Waals surface area (Å²) in [6.07, 6.45) is 1.65. The van der Waals surface area contributed by atoms with Gasteiger partial charge in [-0.3, -0.25) is 0 Å². The molecule has 0 unspecified atom stereocenters. The fourth-order valence-electron chi connectivity index (χ4n) is 1.98. The van der Waals surface area contributed by atoms with Crippen molar-refractivity contribution in [2.45, 2.75) is 6.61 Å². The topological polar surface area (TPSA) is 42.4 Å². The molecule has 0 aliphatic carbocycles. The van der Waals surface area contributed by atoms with Crippen LogP contribution >= 0.6 is 0 Å². The van der Waals surface area contributed by atoms with E-state index in [1.165, 1.54) is 5.39 Å². The molecule has 0 amide bonds. The monoisotopic (exact) mass is 251 g/mol. The van der Waals surface area contributed by atoms with E-state index in [0.29, 0.717) is 17.2 Å². The van der Waals surface area contributed by atoms with E-state index in [2.05, 4.69) is 11.1 Å². The van der Waals surface area contributed by atoms with Gasteiger partial charge in [-0.1, -0.05) is 30.3 Å². The maximum atomic E-state index is 9.25. The van der Waals surface area contributed by atoms with Crippen LogP contribution in [0.4, 0.5) is 0 Å². The average molecular weight is 251 g/mol. The Morgan fingerprint density at radius 3 is 2.63 bits per heavy atom. The normalized spacial score (nSPS) is 10.6. The number of aliphatic hydroxyl groups is 1. The van der Waals surface area contributed by atoms with E-state index in [4.69, 9.17) is 4.74 Å². The van der Waals surface area contributed by atoms with Crippen LogP contribution in [0.5, 0.6) is 11.6 Å². The Balaban J connectivity index is 1.96. The molecule has 0 bridgehead atoms. The molecular formula is C16H13NO2. The predicted molar refractivity (Wildman–Crippen MR) is 74.2 cm³/mol. The van der Waals surface area contributed by atoms with Crippen LogP contribution in [0.3, 0.4) is 0 Å². The summed E-state index contributed by atoms with van der Waals surface area (Å²) in [5, 5.41) is 11.5. The van der Waals surface area contributed by atoms with E-state index in [-0.39, 0.29) is 6.61 Å². The van der Waals surface area contributed by atoms with Gasteiger partial charge in [0.05, 0.1) is 6.61 Å². The summed E-state index contributed by atoms with van der Waals surface area (Å²) < 4.78 is 5.74. The van der Waals surface area contributed by atoms with Crippen LogP contribution in [-0.2, 0) is 6.61 Å². The Hall–Kier alpha value is -2.39. The molecule has 0 aliphatic rings. The zero-order chi connectivity index (χ0) is 13.1. The van der Waals surface area contributed by atoms with E-state index in [9.17, 15) is 5.11 Å². The number of nitrogens with zero attached hydrogens (tertiary/aromatic N) is 1. The minimum absolute atomic E-state index is 0.0866. The molecule has 19 heavy (non-hydrogen) atoms. The smallest absolute Gasteiger partial charge is 0.224 e. The summed E-state index contributed by atoms with van der Waals surface area (Å²) in [5.74, 6) is 1.16. The van der Waals surface area contributed by atoms with Crippen LogP contribution in [0.25, 0.3) is 10.8 Å². The molecular weight excluding hydrogens is 238 g/mol. The number of benzene rings is 2. The number of aliphatic hydroxyl groups excluding tert-OH is 1.